The average Bonchev–Trinajstić information content (AvgIpc) is 3.20. The van der Waals surface area contributed by atoms with E-state index < -0.39 is 0 Å². The number of likely N-dealkylation sites (tertiary alicyclic amines) is 1. The Hall–Kier alpha value is -1.11. The minimum absolute atomic E-state index is 0.881. The van der Waals surface area contributed by atoms with E-state index in [0.717, 1.165) is 51.1 Å². The van der Waals surface area contributed by atoms with Crippen molar-refractivity contribution in [1.82, 2.24) is 20.0 Å². The molecule has 0 aromatic carbocycles. The van der Waals surface area contributed by atoms with Crippen LogP contribution >= 0.6 is 11.3 Å². The fourth-order valence-electron chi connectivity index (χ4n) is 4.05. The molecule has 0 saturated carbocycles. The van der Waals surface area contributed by atoms with Crippen LogP contribution in [0.4, 0.5) is 0 Å². The van der Waals surface area contributed by atoms with Gasteiger partial charge in [0.1, 0.15) is 0 Å². The van der Waals surface area contributed by atoms with Crippen LogP contribution in [0.2, 0.25) is 0 Å². The fraction of sp³-hybridized carbons (Fsp3) is 0.750. The van der Waals surface area contributed by atoms with Gasteiger partial charge in [-0.3, -0.25) is 9.89 Å². The van der Waals surface area contributed by atoms with Crippen LogP contribution in [0.3, 0.4) is 0 Å². The molecule has 26 heavy (non-hydrogen) atoms. The first kappa shape index (κ1) is 19.6. The Bertz CT molecular complexity index is 528. The van der Waals surface area contributed by atoms with E-state index in [1.165, 1.54) is 43.8 Å². The van der Waals surface area contributed by atoms with Crippen molar-refractivity contribution in [3.63, 3.8) is 0 Å². The predicted molar refractivity (Wildman–Crippen MR) is 112 cm³/mol. The summed E-state index contributed by atoms with van der Waals surface area (Å²) in [7, 11) is 1.92. The van der Waals surface area contributed by atoms with E-state index in [9.17, 15) is 0 Å². The van der Waals surface area contributed by atoms with Crippen LogP contribution in [0.25, 0.3) is 0 Å². The Labute approximate surface area is 163 Å². The van der Waals surface area contributed by atoms with E-state index in [1.807, 2.05) is 18.4 Å². The third kappa shape index (κ3) is 5.69. The van der Waals surface area contributed by atoms with Gasteiger partial charge < -0.3 is 15.1 Å². The highest BCUT2D eigenvalue weighted by Gasteiger charge is 2.21. The van der Waals surface area contributed by atoms with Crippen LogP contribution in [-0.2, 0) is 6.54 Å². The summed E-state index contributed by atoms with van der Waals surface area (Å²) in [6, 6.07) is 4.39. The van der Waals surface area contributed by atoms with Crippen molar-refractivity contribution in [3.8, 4) is 0 Å². The maximum atomic E-state index is 4.53. The van der Waals surface area contributed by atoms with Gasteiger partial charge >= 0.3 is 0 Å². The van der Waals surface area contributed by atoms with Crippen molar-refractivity contribution in [3.05, 3.63) is 22.4 Å². The molecular formula is C20H35N5S. The molecule has 3 heterocycles. The Morgan fingerprint density at radius 1 is 1.15 bits per heavy atom. The Balaban J connectivity index is 1.34. The number of nitrogens with one attached hydrogen (secondary N) is 1. The molecule has 2 saturated heterocycles. The Morgan fingerprint density at radius 3 is 2.54 bits per heavy atom. The molecule has 0 atom stereocenters. The van der Waals surface area contributed by atoms with Gasteiger partial charge in [-0.1, -0.05) is 13.0 Å². The number of hydrogen-bond donors (Lipinski definition) is 1. The van der Waals surface area contributed by atoms with Crippen molar-refractivity contribution in [2.24, 2.45) is 10.9 Å². The van der Waals surface area contributed by atoms with Crippen molar-refractivity contribution in [1.29, 1.82) is 0 Å². The zero-order valence-corrected chi connectivity index (χ0v) is 17.3. The lowest BCUT2D eigenvalue weighted by molar-refractivity contribution is 0.172. The number of nitrogens with zero attached hydrogens (tertiary/aromatic N) is 4. The summed E-state index contributed by atoms with van der Waals surface area (Å²) in [6.07, 6.45) is 3.99. The minimum Gasteiger partial charge on any atom is -0.356 e. The smallest absolute Gasteiger partial charge is 0.193 e. The molecule has 1 N–H and O–H groups in total. The highest BCUT2D eigenvalue weighted by atomic mass is 32.1. The molecule has 2 fully saturated rings. The summed E-state index contributed by atoms with van der Waals surface area (Å²) in [5, 5.41) is 5.79. The summed E-state index contributed by atoms with van der Waals surface area (Å²) in [5.41, 5.74) is 0. The third-order valence-electron chi connectivity index (χ3n) is 5.83. The van der Waals surface area contributed by atoms with Crippen molar-refractivity contribution in [2.75, 3.05) is 59.4 Å². The van der Waals surface area contributed by atoms with Crippen LogP contribution in [0.1, 0.15) is 31.1 Å². The van der Waals surface area contributed by atoms with E-state index in [4.69, 9.17) is 0 Å². The molecule has 2 aliphatic rings. The molecule has 0 unspecified atom stereocenters. The van der Waals surface area contributed by atoms with Gasteiger partial charge in [0, 0.05) is 51.2 Å². The highest BCUT2D eigenvalue weighted by molar-refractivity contribution is 7.09. The molecule has 1 aromatic rings. The zero-order chi connectivity index (χ0) is 18.2. The van der Waals surface area contributed by atoms with Gasteiger partial charge in [0.15, 0.2) is 5.96 Å². The second kappa shape index (κ2) is 10.3. The molecule has 146 valence electrons. The van der Waals surface area contributed by atoms with Crippen molar-refractivity contribution >= 4 is 17.3 Å². The lowest BCUT2D eigenvalue weighted by Crippen LogP contribution is -2.52. The van der Waals surface area contributed by atoms with Crippen LogP contribution in [-0.4, -0.2) is 80.1 Å². The first-order valence-electron chi connectivity index (χ1n) is 10.2. The molecule has 0 spiro atoms. The second-order valence-electron chi connectivity index (χ2n) is 7.48. The van der Waals surface area contributed by atoms with Crippen LogP contribution in [0.5, 0.6) is 0 Å². The molecule has 0 amide bonds. The topological polar surface area (TPSA) is 34.1 Å². The number of hydrogen-bond acceptors (Lipinski definition) is 4. The molecule has 1 aromatic heterocycles. The lowest BCUT2D eigenvalue weighted by Gasteiger charge is -2.36. The van der Waals surface area contributed by atoms with Gasteiger partial charge in [-0.15, -0.1) is 11.3 Å². The van der Waals surface area contributed by atoms with Gasteiger partial charge in [0.05, 0.1) is 0 Å². The number of piperidine rings is 1. The number of rotatable bonds is 6. The number of thiophene rings is 1. The molecule has 3 rings (SSSR count). The van der Waals surface area contributed by atoms with Gasteiger partial charge in [-0.25, -0.2) is 0 Å². The van der Waals surface area contributed by atoms with Crippen LogP contribution in [0.15, 0.2) is 22.5 Å². The molecular weight excluding hydrogens is 342 g/mol. The molecule has 0 bridgehead atoms. The summed E-state index contributed by atoms with van der Waals surface area (Å²) >= 11 is 1.86. The first-order chi connectivity index (χ1) is 12.8. The quantitative estimate of drug-likeness (QED) is 0.610. The van der Waals surface area contributed by atoms with Gasteiger partial charge in [0.2, 0.25) is 0 Å². The van der Waals surface area contributed by atoms with Crippen molar-refractivity contribution < 1.29 is 0 Å². The molecule has 2 aliphatic heterocycles. The van der Waals surface area contributed by atoms with Gasteiger partial charge in [0.25, 0.3) is 0 Å². The summed E-state index contributed by atoms with van der Waals surface area (Å²) in [6.45, 7) is 12.6. The van der Waals surface area contributed by atoms with E-state index in [2.05, 4.69) is 49.4 Å². The first-order valence-corrected chi connectivity index (χ1v) is 11.1. The van der Waals surface area contributed by atoms with E-state index in [1.54, 1.807) is 0 Å². The molecule has 6 heteroatoms. The monoisotopic (exact) mass is 377 g/mol. The maximum absolute atomic E-state index is 4.53. The van der Waals surface area contributed by atoms with Gasteiger partial charge in [-0.05, 0) is 56.3 Å². The summed E-state index contributed by atoms with van der Waals surface area (Å²) < 4.78 is 0. The fourth-order valence-corrected chi connectivity index (χ4v) is 4.80. The Kier molecular flexibility index (Phi) is 7.77. The molecule has 0 radical (unpaired) electrons. The molecule has 5 nitrogen and oxygen atoms in total. The highest BCUT2D eigenvalue weighted by Crippen LogP contribution is 2.19. The summed E-state index contributed by atoms with van der Waals surface area (Å²) in [5.74, 6) is 1.97. The number of guanidine groups is 1. The second-order valence-corrected chi connectivity index (χ2v) is 8.52. The minimum atomic E-state index is 0.881. The number of piperazine rings is 1. The van der Waals surface area contributed by atoms with E-state index in [0.29, 0.717) is 0 Å². The largest absolute Gasteiger partial charge is 0.356 e. The van der Waals surface area contributed by atoms with Gasteiger partial charge in [-0.2, -0.15) is 0 Å². The SMILES string of the molecule is CCN1CCC(CCNC(=NC)N2CCN(Cc3cccs3)CC2)CC1. The lowest BCUT2D eigenvalue weighted by atomic mass is 9.93. The van der Waals surface area contributed by atoms with Crippen LogP contribution in [0, 0.1) is 5.92 Å². The normalized spacial score (nSPS) is 21.3. The maximum Gasteiger partial charge on any atom is 0.193 e. The zero-order valence-electron chi connectivity index (χ0n) is 16.5. The third-order valence-corrected chi connectivity index (χ3v) is 6.69. The Morgan fingerprint density at radius 2 is 1.92 bits per heavy atom. The van der Waals surface area contributed by atoms with Crippen LogP contribution < -0.4 is 5.32 Å². The number of aliphatic imine (C=N–C) groups is 1. The van der Waals surface area contributed by atoms with Crippen molar-refractivity contribution in [2.45, 2.75) is 32.7 Å². The molecule has 0 aliphatic carbocycles. The van der Waals surface area contributed by atoms with E-state index in [-0.39, 0.29) is 0 Å². The summed E-state index contributed by atoms with van der Waals surface area (Å²) in [4.78, 5) is 13.5. The van der Waals surface area contributed by atoms with E-state index >= 15 is 0 Å². The average molecular weight is 378 g/mol. The standard InChI is InChI=1S/C20H35N5S/c1-3-23-10-7-18(8-11-23)6-9-22-20(21-2)25-14-12-24(13-15-25)17-19-5-4-16-26-19/h4-5,16,18H,3,6-15,17H2,1-2H3,(H,21,22). The predicted octanol–water partition coefficient (Wildman–Crippen LogP) is 2.56.